The van der Waals surface area contributed by atoms with Crippen LogP contribution in [0.3, 0.4) is 0 Å². The highest BCUT2D eigenvalue weighted by molar-refractivity contribution is 5.71. The Morgan fingerprint density at radius 3 is 2.42 bits per heavy atom. The van der Waals surface area contributed by atoms with Crippen molar-refractivity contribution < 1.29 is 9.53 Å². The second-order valence-electron chi connectivity index (χ2n) is 7.65. The molecule has 1 aliphatic rings. The maximum atomic E-state index is 12.4. The van der Waals surface area contributed by atoms with Crippen LogP contribution < -0.4 is 10.6 Å². The Kier molecular flexibility index (Phi) is 5.03. The Hall–Kier alpha value is -2.75. The number of nitrogens with one attached hydrogen (secondary N) is 2. The van der Waals surface area contributed by atoms with E-state index in [1.54, 1.807) is 0 Å². The largest absolute Gasteiger partial charge is 0.444 e. The number of aryl methyl sites for hydroxylation is 1. The first-order valence-corrected chi connectivity index (χ1v) is 8.92. The fraction of sp³-hybridized carbons (Fsp3) is 0.318. The van der Waals surface area contributed by atoms with Crippen molar-refractivity contribution in [3.05, 3.63) is 71.3 Å². The Morgan fingerprint density at radius 1 is 1.04 bits per heavy atom. The van der Waals surface area contributed by atoms with E-state index in [4.69, 9.17) is 4.74 Å². The highest BCUT2D eigenvalue weighted by atomic mass is 16.6. The van der Waals surface area contributed by atoms with Crippen molar-refractivity contribution in [3.8, 4) is 0 Å². The van der Waals surface area contributed by atoms with Gasteiger partial charge in [0, 0.05) is 5.69 Å². The van der Waals surface area contributed by atoms with Crippen LogP contribution in [0, 0.1) is 6.92 Å². The second kappa shape index (κ2) is 7.24. The molecule has 1 aliphatic carbocycles. The van der Waals surface area contributed by atoms with Crippen LogP contribution in [0.1, 0.15) is 43.5 Å². The molecule has 4 heteroatoms. The number of benzene rings is 2. The molecule has 0 aliphatic heterocycles. The number of rotatable bonds is 3. The molecule has 1 amide bonds. The molecule has 0 bridgehead atoms. The molecule has 136 valence electrons. The van der Waals surface area contributed by atoms with Gasteiger partial charge in [-0.15, -0.1) is 0 Å². The van der Waals surface area contributed by atoms with Gasteiger partial charge < -0.3 is 15.4 Å². The van der Waals surface area contributed by atoms with Crippen molar-refractivity contribution in [2.24, 2.45) is 0 Å². The number of anilines is 1. The maximum absolute atomic E-state index is 12.4. The summed E-state index contributed by atoms with van der Waals surface area (Å²) < 4.78 is 5.47. The van der Waals surface area contributed by atoms with Crippen LogP contribution in [0.25, 0.3) is 6.08 Å². The SMILES string of the molecule is Cc1ccc(N[C@@H]2C=Cc3ccccc3[C@H]2NC(=O)OC(C)(C)C)cc1. The summed E-state index contributed by atoms with van der Waals surface area (Å²) in [5.74, 6) is 0. The van der Waals surface area contributed by atoms with Gasteiger partial charge >= 0.3 is 6.09 Å². The third kappa shape index (κ3) is 4.45. The van der Waals surface area contributed by atoms with E-state index < -0.39 is 11.7 Å². The van der Waals surface area contributed by atoms with E-state index in [0.717, 1.165) is 16.8 Å². The van der Waals surface area contributed by atoms with E-state index in [-0.39, 0.29) is 12.1 Å². The lowest BCUT2D eigenvalue weighted by Gasteiger charge is -2.32. The van der Waals surface area contributed by atoms with E-state index in [1.165, 1.54) is 5.56 Å². The quantitative estimate of drug-likeness (QED) is 0.813. The smallest absolute Gasteiger partial charge is 0.408 e. The fourth-order valence-electron chi connectivity index (χ4n) is 3.03. The van der Waals surface area contributed by atoms with Crippen LogP contribution in [0.2, 0.25) is 0 Å². The number of alkyl carbamates (subject to hydrolysis) is 1. The Morgan fingerprint density at radius 2 is 1.73 bits per heavy atom. The average molecular weight is 350 g/mol. The van der Waals surface area contributed by atoms with E-state index in [0.29, 0.717) is 0 Å². The standard InChI is InChI=1S/C22H26N2O2/c1-15-9-12-17(13-10-15)23-19-14-11-16-7-5-6-8-18(16)20(19)24-21(25)26-22(2,3)4/h5-14,19-20,23H,1-4H3,(H,24,25)/t19-,20-/m1/s1. The van der Waals surface area contributed by atoms with E-state index >= 15 is 0 Å². The predicted molar refractivity (Wildman–Crippen MR) is 106 cm³/mol. The molecule has 2 aromatic rings. The normalized spacial score (nSPS) is 18.8. The van der Waals surface area contributed by atoms with Gasteiger partial charge in [0.15, 0.2) is 0 Å². The maximum Gasteiger partial charge on any atom is 0.408 e. The lowest BCUT2D eigenvalue weighted by atomic mass is 9.89. The number of hydrogen-bond acceptors (Lipinski definition) is 3. The van der Waals surface area contributed by atoms with Crippen LogP contribution in [-0.2, 0) is 4.74 Å². The number of amides is 1. The van der Waals surface area contributed by atoms with Crippen molar-refractivity contribution in [3.63, 3.8) is 0 Å². The topological polar surface area (TPSA) is 50.4 Å². The molecular formula is C22H26N2O2. The summed E-state index contributed by atoms with van der Waals surface area (Å²) in [5, 5.41) is 6.55. The summed E-state index contributed by atoms with van der Waals surface area (Å²) in [5.41, 5.74) is 3.87. The molecule has 0 unspecified atom stereocenters. The molecule has 3 rings (SSSR count). The van der Waals surface area contributed by atoms with Crippen molar-refractivity contribution in [2.45, 2.75) is 45.4 Å². The molecule has 2 N–H and O–H groups in total. The Labute approximate surface area is 155 Å². The van der Waals surface area contributed by atoms with Crippen LogP contribution in [-0.4, -0.2) is 17.7 Å². The zero-order valence-corrected chi connectivity index (χ0v) is 15.7. The number of carbonyl (C=O) groups is 1. The molecule has 0 aromatic heterocycles. The van der Waals surface area contributed by atoms with Crippen molar-refractivity contribution in [1.29, 1.82) is 0 Å². The van der Waals surface area contributed by atoms with Crippen molar-refractivity contribution >= 4 is 17.9 Å². The van der Waals surface area contributed by atoms with Crippen LogP contribution in [0.15, 0.2) is 54.6 Å². The van der Waals surface area contributed by atoms with Gasteiger partial charge in [0.2, 0.25) is 0 Å². The third-order valence-corrected chi connectivity index (χ3v) is 4.23. The Bertz CT molecular complexity index is 804. The minimum atomic E-state index is -0.534. The Balaban J connectivity index is 1.84. The second-order valence-corrected chi connectivity index (χ2v) is 7.65. The zero-order valence-electron chi connectivity index (χ0n) is 15.7. The molecule has 0 fully saturated rings. The molecule has 26 heavy (non-hydrogen) atoms. The summed E-state index contributed by atoms with van der Waals surface area (Å²) in [6.45, 7) is 7.66. The summed E-state index contributed by atoms with van der Waals surface area (Å²) >= 11 is 0. The minimum Gasteiger partial charge on any atom is -0.444 e. The van der Waals surface area contributed by atoms with E-state index in [9.17, 15) is 4.79 Å². The molecule has 4 nitrogen and oxygen atoms in total. The molecule has 2 atom stereocenters. The van der Waals surface area contributed by atoms with Gasteiger partial charge in [-0.2, -0.15) is 0 Å². The lowest BCUT2D eigenvalue weighted by Crippen LogP contribution is -2.42. The fourth-order valence-corrected chi connectivity index (χ4v) is 3.03. The summed E-state index contributed by atoms with van der Waals surface area (Å²) in [7, 11) is 0. The van der Waals surface area contributed by atoms with Crippen molar-refractivity contribution in [2.75, 3.05) is 5.32 Å². The van der Waals surface area contributed by atoms with Crippen molar-refractivity contribution in [1.82, 2.24) is 5.32 Å². The first-order valence-electron chi connectivity index (χ1n) is 8.92. The zero-order chi connectivity index (χ0) is 18.7. The van der Waals surface area contributed by atoms with E-state index in [1.807, 2.05) is 51.1 Å². The summed E-state index contributed by atoms with van der Waals surface area (Å²) in [4.78, 5) is 12.4. The first kappa shape index (κ1) is 18.1. The summed E-state index contributed by atoms with van der Waals surface area (Å²) in [6.07, 6.45) is 3.77. The van der Waals surface area contributed by atoms with Gasteiger partial charge in [-0.05, 0) is 51.0 Å². The number of carbonyl (C=O) groups excluding carboxylic acids is 1. The van der Waals surface area contributed by atoms with Crippen LogP contribution in [0.4, 0.5) is 10.5 Å². The monoisotopic (exact) mass is 350 g/mol. The lowest BCUT2D eigenvalue weighted by molar-refractivity contribution is 0.0501. The number of ether oxygens (including phenoxy) is 1. The average Bonchev–Trinajstić information content (AvgIpc) is 2.57. The third-order valence-electron chi connectivity index (χ3n) is 4.23. The van der Waals surface area contributed by atoms with Gasteiger partial charge in [-0.3, -0.25) is 0 Å². The van der Waals surface area contributed by atoms with Gasteiger partial charge in [0.25, 0.3) is 0 Å². The van der Waals surface area contributed by atoms with Crippen LogP contribution >= 0.6 is 0 Å². The van der Waals surface area contributed by atoms with Crippen LogP contribution in [0.5, 0.6) is 0 Å². The summed E-state index contributed by atoms with van der Waals surface area (Å²) in [6, 6.07) is 16.0. The highest BCUT2D eigenvalue weighted by Crippen LogP contribution is 2.30. The van der Waals surface area contributed by atoms with E-state index in [2.05, 4.69) is 47.9 Å². The molecule has 2 aromatic carbocycles. The number of hydrogen-bond donors (Lipinski definition) is 2. The predicted octanol–water partition coefficient (Wildman–Crippen LogP) is 5.07. The minimum absolute atomic E-state index is 0.0693. The molecule has 0 heterocycles. The van der Waals surface area contributed by atoms with Gasteiger partial charge in [0.1, 0.15) is 5.60 Å². The van der Waals surface area contributed by atoms with Gasteiger partial charge in [0.05, 0.1) is 12.1 Å². The highest BCUT2D eigenvalue weighted by Gasteiger charge is 2.29. The molecule has 0 saturated carbocycles. The first-order chi connectivity index (χ1) is 12.3. The molecule has 0 radical (unpaired) electrons. The number of fused-ring (bicyclic) bond motifs is 1. The molecule has 0 saturated heterocycles. The van der Waals surface area contributed by atoms with Gasteiger partial charge in [-0.25, -0.2) is 4.79 Å². The van der Waals surface area contributed by atoms with Gasteiger partial charge in [-0.1, -0.05) is 54.1 Å². The molecule has 0 spiro atoms. The molecular weight excluding hydrogens is 324 g/mol.